The fourth-order valence-corrected chi connectivity index (χ4v) is 6.55. The minimum atomic E-state index is -0.920. The van der Waals surface area contributed by atoms with Crippen LogP contribution in [0.15, 0.2) is 66.4 Å². The Bertz CT molecular complexity index is 1890. The van der Waals surface area contributed by atoms with E-state index >= 15 is 0 Å². The average molecular weight is 581 g/mol. The number of aliphatic hydroxyl groups excluding tert-OH is 1. The van der Waals surface area contributed by atoms with Crippen molar-refractivity contribution in [3.63, 3.8) is 0 Å². The molecule has 1 amide bonds. The van der Waals surface area contributed by atoms with Crippen molar-refractivity contribution in [2.75, 3.05) is 11.5 Å². The summed E-state index contributed by atoms with van der Waals surface area (Å²) >= 11 is 1.34. The van der Waals surface area contributed by atoms with Gasteiger partial charge in [-0.3, -0.25) is 14.5 Å². The third-order valence-corrected chi connectivity index (χ3v) is 8.70. The van der Waals surface area contributed by atoms with Gasteiger partial charge in [0.2, 0.25) is 0 Å². The van der Waals surface area contributed by atoms with E-state index in [1.165, 1.54) is 16.2 Å². The molecular weight excluding hydrogens is 548 g/mol. The zero-order chi connectivity index (χ0) is 29.5. The van der Waals surface area contributed by atoms with Gasteiger partial charge in [-0.05, 0) is 74.2 Å². The highest BCUT2D eigenvalue weighted by atomic mass is 32.1. The summed E-state index contributed by atoms with van der Waals surface area (Å²) < 4.78 is 8.80. The number of hydrogen-bond donors (Lipinski definition) is 1. The van der Waals surface area contributed by atoms with E-state index < -0.39 is 17.7 Å². The van der Waals surface area contributed by atoms with Crippen LogP contribution < -0.4 is 9.64 Å². The van der Waals surface area contributed by atoms with Crippen LogP contribution in [0.3, 0.4) is 0 Å². The van der Waals surface area contributed by atoms with E-state index in [0.717, 1.165) is 40.6 Å². The molecule has 0 saturated carbocycles. The van der Waals surface area contributed by atoms with E-state index in [0.29, 0.717) is 34.4 Å². The fraction of sp³-hybridized carbons (Fsp3) is 0.273. The molecule has 9 heteroatoms. The van der Waals surface area contributed by atoms with Crippen molar-refractivity contribution < 1.29 is 19.4 Å². The van der Waals surface area contributed by atoms with Crippen LogP contribution in [-0.4, -0.2) is 37.8 Å². The summed E-state index contributed by atoms with van der Waals surface area (Å²) in [5.41, 5.74) is 4.95. The Hall–Kier alpha value is -4.50. The number of rotatable bonds is 8. The van der Waals surface area contributed by atoms with Crippen LogP contribution in [0.1, 0.15) is 60.3 Å². The molecular formula is C33H32N4O4S. The third-order valence-electron chi connectivity index (χ3n) is 7.68. The number of carbonyl (C=O) groups is 2. The first-order chi connectivity index (χ1) is 20.3. The van der Waals surface area contributed by atoms with E-state index in [9.17, 15) is 14.7 Å². The van der Waals surface area contributed by atoms with Crippen LogP contribution in [0, 0.1) is 20.8 Å². The van der Waals surface area contributed by atoms with Crippen LogP contribution in [0.4, 0.5) is 5.13 Å². The van der Waals surface area contributed by atoms with Crippen molar-refractivity contribution >= 4 is 49.8 Å². The number of fused-ring (bicyclic) bond motifs is 2. The zero-order valence-electron chi connectivity index (χ0n) is 24.0. The Morgan fingerprint density at radius 1 is 1.02 bits per heavy atom. The predicted molar refractivity (Wildman–Crippen MR) is 165 cm³/mol. The molecule has 214 valence electrons. The maximum atomic E-state index is 13.8. The highest BCUT2D eigenvalue weighted by Crippen LogP contribution is 2.45. The molecule has 42 heavy (non-hydrogen) atoms. The van der Waals surface area contributed by atoms with Crippen LogP contribution in [0.2, 0.25) is 0 Å². The molecule has 8 nitrogen and oxygen atoms in total. The highest BCUT2D eigenvalue weighted by Gasteiger charge is 2.48. The largest absolute Gasteiger partial charge is 0.505 e. The van der Waals surface area contributed by atoms with Crippen molar-refractivity contribution in [1.82, 2.24) is 14.4 Å². The zero-order valence-corrected chi connectivity index (χ0v) is 24.9. The van der Waals surface area contributed by atoms with Gasteiger partial charge in [-0.1, -0.05) is 55.4 Å². The lowest BCUT2D eigenvalue weighted by Gasteiger charge is -2.23. The molecule has 4 heterocycles. The van der Waals surface area contributed by atoms with Crippen molar-refractivity contribution in [2.45, 2.75) is 53.0 Å². The molecule has 0 radical (unpaired) electrons. The number of amides is 1. The van der Waals surface area contributed by atoms with E-state index in [1.807, 2.05) is 86.0 Å². The first-order valence-corrected chi connectivity index (χ1v) is 15.0. The second-order valence-corrected chi connectivity index (χ2v) is 11.7. The van der Waals surface area contributed by atoms with Crippen LogP contribution in [0.25, 0.3) is 21.6 Å². The number of ether oxygens (including phenoxy) is 1. The summed E-state index contributed by atoms with van der Waals surface area (Å²) in [7, 11) is 0. The summed E-state index contributed by atoms with van der Waals surface area (Å²) in [6.45, 7) is 8.47. The van der Waals surface area contributed by atoms with Gasteiger partial charge in [0.15, 0.2) is 10.9 Å². The van der Waals surface area contributed by atoms with Gasteiger partial charge in [0, 0.05) is 6.20 Å². The average Bonchev–Trinajstić information content (AvgIpc) is 3.63. The number of aliphatic hydroxyl groups is 1. The third kappa shape index (κ3) is 4.73. The molecule has 1 N–H and O–H groups in total. The van der Waals surface area contributed by atoms with Crippen LogP contribution in [0.5, 0.6) is 5.75 Å². The molecule has 0 bridgehead atoms. The summed E-state index contributed by atoms with van der Waals surface area (Å²) in [5, 5.41) is 12.2. The molecule has 2 aromatic carbocycles. The second-order valence-electron chi connectivity index (χ2n) is 10.7. The lowest BCUT2D eigenvalue weighted by atomic mass is 9.96. The number of benzene rings is 2. The number of anilines is 1. The Morgan fingerprint density at radius 2 is 1.86 bits per heavy atom. The lowest BCUT2D eigenvalue weighted by molar-refractivity contribution is -0.132. The van der Waals surface area contributed by atoms with Gasteiger partial charge in [-0.2, -0.15) is 0 Å². The maximum absolute atomic E-state index is 13.8. The predicted octanol–water partition coefficient (Wildman–Crippen LogP) is 7.06. The minimum Gasteiger partial charge on any atom is -0.505 e. The van der Waals surface area contributed by atoms with Crippen molar-refractivity contribution in [3.8, 4) is 5.75 Å². The molecule has 0 aliphatic carbocycles. The van der Waals surface area contributed by atoms with Crippen LogP contribution >= 0.6 is 11.3 Å². The number of thiazole rings is 1. The number of nitrogens with zero attached hydrogens (tertiary/aromatic N) is 4. The highest BCUT2D eigenvalue weighted by molar-refractivity contribution is 7.22. The van der Waals surface area contributed by atoms with Gasteiger partial charge in [-0.25, -0.2) is 9.97 Å². The number of pyridine rings is 1. The Balaban J connectivity index is 1.53. The molecule has 1 aliphatic rings. The quantitative estimate of drug-likeness (QED) is 0.0913. The van der Waals surface area contributed by atoms with E-state index in [-0.39, 0.29) is 17.0 Å². The van der Waals surface area contributed by atoms with E-state index in [4.69, 9.17) is 14.7 Å². The monoisotopic (exact) mass is 580 g/mol. The van der Waals surface area contributed by atoms with Gasteiger partial charge >= 0.3 is 5.91 Å². The number of Topliss-reactive ketones (excluding diaryl/α,β-unsaturated/α-hetero) is 1. The summed E-state index contributed by atoms with van der Waals surface area (Å²) in [6.07, 6.45) is 4.94. The molecule has 1 saturated heterocycles. The molecule has 5 aromatic rings. The smallest absolute Gasteiger partial charge is 0.301 e. The molecule has 1 aliphatic heterocycles. The molecule has 3 aromatic heterocycles. The number of hydrogen-bond acceptors (Lipinski definition) is 7. The molecule has 6 rings (SSSR count). The fourth-order valence-electron chi connectivity index (χ4n) is 5.46. The van der Waals surface area contributed by atoms with E-state index in [2.05, 4.69) is 6.92 Å². The standard InChI is InChI=1S/C33H32N4O4S/c1-5-6-7-16-41-23-12-8-11-22(18-23)28-26(29(38)27-21(4)36-15-9-10-20(3)31(36)35-27)30(39)32(40)37(28)33-34-24-14-13-19(2)17-25(24)42-33/h8-15,17-18,28,38H,5-7,16H2,1-4H3. The lowest BCUT2D eigenvalue weighted by Crippen LogP contribution is -2.29. The summed E-state index contributed by atoms with van der Waals surface area (Å²) in [4.78, 5) is 38.4. The molecule has 1 fully saturated rings. The second kappa shape index (κ2) is 11.1. The maximum Gasteiger partial charge on any atom is 0.301 e. The van der Waals surface area contributed by atoms with Crippen molar-refractivity contribution in [3.05, 3.63) is 94.4 Å². The number of unbranched alkanes of at least 4 members (excludes halogenated alkanes) is 2. The van der Waals surface area contributed by atoms with Gasteiger partial charge in [0.25, 0.3) is 5.78 Å². The minimum absolute atomic E-state index is 0.0253. The van der Waals surface area contributed by atoms with Gasteiger partial charge in [0.1, 0.15) is 17.1 Å². The number of imidazole rings is 1. The Morgan fingerprint density at radius 3 is 2.64 bits per heavy atom. The normalized spacial score (nSPS) is 16.7. The Labute approximate surface area is 247 Å². The van der Waals surface area contributed by atoms with Crippen LogP contribution in [-0.2, 0) is 9.59 Å². The molecule has 1 unspecified atom stereocenters. The summed E-state index contributed by atoms with van der Waals surface area (Å²) in [6, 6.07) is 16.2. The van der Waals surface area contributed by atoms with Crippen molar-refractivity contribution in [2.24, 2.45) is 0 Å². The SMILES string of the molecule is CCCCCOc1cccc(C2C(=C(O)c3nc4c(C)cccn4c3C)C(=O)C(=O)N2c2nc3ccc(C)cc3s2)c1. The van der Waals surface area contributed by atoms with Gasteiger partial charge in [-0.15, -0.1) is 0 Å². The first-order valence-electron chi connectivity index (χ1n) is 14.1. The molecule has 1 atom stereocenters. The van der Waals surface area contributed by atoms with E-state index in [1.54, 1.807) is 0 Å². The van der Waals surface area contributed by atoms with Gasteiger partial charge < -0.3 is 14.2 Å². The van der Waals surface area contributed by atoms with Crippen molar-refractivity contribution in [1.29, 1.82) is 0 Å². The topological polar surface area (TPSA) is 97.0 Å². The van der Waals surface area contributed by atoms with Gasteiger partial charge in [0.05, 0.1) is 34.1 Å². The Kier molecular flexibility index (Phi) is 7.28. The number of carbonyl (C=O) groups excluding carboxylic acids is 2. The molecule has 0 spiro atoms. The number of aryl methyl sites for hydroxylation is 3. The number of aromatic nitrogens is 3. The summed E-state index contributed by atoms with van der Waals surface area (Å²) in [5.74, 6) is -1.21. The number of ketones is 1. The first kappa shape index (κ1) is 27.7.